The lowest BCUT2D eigenvalue weighted by molar-refractivity contribution is -0.113. The topological polar surface area (TPSA) is 89.5 Å². The van der Waals surface area contributed by atoms with E-state index in [0.717, 1.165) is 0 Å². The van der Waals surface area contributed by atoms with E-state index in [2.05, 4.69) is 5.32 Å². The van der Waals surface area contributed by atoms with Crippen molar-refractivity contribution in [3.05, 3.63) is 60.2 Å². The summed E-state index contributed by atoms with van der Waals surface area (Å²) in [6, 6.07) is 14.8. The predicted molar refractivity (Wildman–Crippen MR) is 95.6 cm³/mol. The number of ether oxygens (including phenoxy) is 1. The van der Waals surface area contributed by atoms with E-state index in [1.807, 2.05) is 0 Å². The SMILES string of the molecule is COc1ccccc1NC(=O)CS(=O)(=O)C(C)C(=O)c1ccccc1. The molecule has 1 unspecified atom stereocenters. The predicted octanol–water partition coefficient (Wildman–Crippen LogP) is 2.32. The van der Waals surface area contributed by atoms with Gasteiger partial charge in [-0.3, -0.25) is 9.59 Å². The summed E-state index contributed by atoms with van der Waals surface area (Å²) in [5.74, 6) is -1.63. The highest BCUT2D eigenvalue weighted by atomic mass is 32.2. The molecule has 0 bridgehead atoms. The van der Waals surface area contributed by atoms with Crippen molar-refractivity contribution in [2.24, 2.45) is 0 Å². The van der Waals surface area contributed by atoms with E-state index >= 15 is 0 Å². The number of Topliss-reactive ketones (excluding diaryl/α,β-unsaturated/α-hetero) is 1. The van der Waals surface area contributed by atoms with Crippen LogP contribution in [0.15, 0.2) is 54.6 Å². The molecule has 0 aliphatic carbocycles. The van der Waals surface area contributed by atoms with E-state index < -0.39 is 32.5 Å². The number of hydrogen-bond donors (Lipinski definition) is 1. The molecule has 0 aliphatic heterocycles. The van der Waals surface area contributed by atoms with Crippen LogP contribution in [0.3, 0.4) is 0 Å². The molecular formula is C18H19NO5S. The van der Waals surface area contributed by atoms with E-state index in [0.29, 0.717) is 17.0 Å². The number of anilines is 1. The molecule has 1 atom stereocenters. The summed E-state index contributed by atoms with van der Waals surface area (Å²) in [6.07, 6.45) is 0. The molecule has 6 nitrogen and oxygen atoms in total. The van der Waals surface area contributed by atoms with Crippen LogP contribution < -0.4 is 10.1 Å². The molecule has 1 amide bonds. The largest absolute Gasteiger partial charge is 0.495 e. The maximum Gasteiger partial charge on any atom is 0.239 e. The zero-order chi connectivity index (χ0) is 18.4. The zero-order valence-corrected chi connectivity index (χ0v) is 14.7. The van der Waals surface area contributed by atoms with Crippen molar-refractivity contribution < 1.29 is 22.7 Å². The smallest absolute Gasteiger partial charge is 0.239 e. The van der Waals surface area contributed by atoms with E-state index in [4.69, 9.17) is 4.74 Å². The number of sulfone groups is 1. The second kappa shape index (κ2) is 7.94. The monoisotopic (exact) mass is 361 g/mol. The number of carbonyl (C=O) groups is 2. The lowest BCUT2D eigenvalue weighted by atomic mass is 10.1. The van der Waals surface area contributed by atoms with E-state index in [9.17, 15) is 18.0 Å². The third-order valence-corrected chi connectivity index (χ3v) is 5.64. The lowest BCUT2D eigenvalue weighted by Gasteiger charge is -2.13. The fourth-order valence-electron chi connectivity index (χ4n) is 2.24. The fraction of sp³-hybridized carbons (Fsp3) is 0.222. The second-order valence-electron chi connectivity index (χ2n) is 5.43. The van der Waals surface area contributed by atoms with Gasteiger partial charge in [0.2, 0.25) is 5.91 Å². The summed E-state index contributed by atoms with van der Waals surface area (Å²) in [6.45, 7) is 1.29. The van der Waals surface area contributed by atoms with Crippen molar-refractivity contribution in [1.82, 2.24) is 0 Å². The molecule has 2 rings (SSSR count). The van der Waals surface area contributed by atoms with Crippen molar-refractivity contribution in [3.63, 3.8) is 0 Å². The first-order valence-electron chi connectivity index (χ1n) is 7.59. The summed E-state index contributed by atoms with van der Waals surface area (Å²) in [5, 5.41) is 1.19. The Morgan fingerprint density at radius 3 is 2.28 bits per heavy atom. The Bertz CT molecular complexity index is 862. The summed E-state index contributed by atoms with van der Waals surface area (Å²) in [5.41, 5.74) is 0.663. The van der Waals surface area contributed by atoms with Gasteiger partial charge in [-0.2, -0.15) is 0 Å². The Labute approximate surface area is 146 Å². The third-order valence-electron chi connectivity index (χ3n) is 3.68. The summed E-state index contributed by atoms with van der Waals surface area (Å²) in [4.78, 5) is 24.4. The molecule has 0 spiro atoms. The van der Waals surface area contributed by atoms with Crippen LogP contribution in [0.5, 0.6) is 5.75 Å². The number of methoxy groups -OCH3 is 1. The molecule has 0 saturated heterocycles. The summed E-state index contributed by atoms with van der Waals surface area (Å²) < 4.78 is 29.9. The van der Waals surface area contributed by atoms with E-state index in [-0.39, 0.29) is 0 Å². The van der Waals surface area contributed by atoms with Crippen LogP contribution in [0.4, 0.5) is 5.69 Å². The van der Waals surface area contributed by atoms with Gasteiger partial charge in [-0.05, 0) is 19.1 Å². The second-order valence-corrected chi connectivity index (χ2v) is 7.75. The highest BCUT2D eigenvalue weighted by Gasteiger charge is 2.31. The van der Waals surface area contributed by atoms with Crippen molar-refractivity contribution in [3.8, 4) is 5.75 Å². The molecule has 132 valence electrons. The maximum atomic E-state index is 12.4. The molecule has 0 saturated carbocycles. The van der Waals surface area contributed by atoms with Crippen LogP contribution in [0.25, 0.3) is 0 Å². The zero-order valence-electron chi connectivity index (χ0n) is 13.9. The van der Waals surface area contributed by atoms with Crippen molar-refractivity contribution in [1.29, 1.82) is 0 Å². The van der Waals surface area contributed by atoms with Crippen LogP contribution >= 0.6 is 0 Å². The van der Waals surface area contributed by atoms with Gasteiger partial charge < -0.3 is 10.1 Å². The molecule has 0 heterocycles. The van der Waals surface area contributed by atoms with Gasteiger partial charge in [-0.25, -0.2) is 8.42 Å². The lowest BCUT2D eigenvalue weighted by Crippen LogP contribution is -2.34. The van der Waals surface area contributed by atoms with Gasteiger partial charge in [-0.15, -0.1) is 0 Å². The maximum absolute atomic E-state index is 12.4. The molecule has 2 aromatic carbocycles. The van der Waals surface area contributed by atoms with Gasteiger partial charge in [0.25, 0.3) is 0 Å². The first-order chi connectivity index (χ1) is 11.8. The van der Waals surface area contributed by atoms with Gasteiger partial charge >= 0.3 is 0 Å². The number of nitrogens with one attached hydrogen (secondary N) is 1. The summed E-state index contributed by atoms with van der Waals surface area (Å²) >= 11 is 0. The number of hydrogen-bond acceptors (Lipinski definition) is 5. The third kappa shape index (κ3) is 4.67. The number of amides is 1. The first kappa shape index (κ1) is 18.7. The molecule has 0 aliphatic rings. The molecule has 0 aromatic heterocycles. The molecule has 1 N–H and O–H groups in total. The van der Waals surface area contributed by atoms with Gasteiger partial charge in [-0.1, -0.05) is 42.5 Å². The highest BCUT2D eigenvalue weighted by Crippen LogP contribution is 2.23. The standard InChI is InChI=1S/C18H19NO5S/c1-13(18(21)14-8-4-3-5-9-14)25(22,23)12-17(20)19-15-10-6-7-11-16(15)24-2/h3-11,13H,12H2,1-2H3,(H,19,20). The van der Waals surface area contributed by atoms with Crippen LogP contribution in [-0.2, 0) is 14.6 Å². The molecular weight excluding hydrogens is 342 g/mol. The summed E-state index contributed by atoms with van der Waals surface area (Å²) in [7, 11) is -2.50. The fourth-order valence-corrected chi connectivity index (χ4v) is 3.39. The first-order valence-corrected chi connectivity index (χ1v) is 9.30. The Balaban J connectivity index is 2.09. The van der Waals surface area contributed by atoms with Crippen LogP contribution in [0, 0.1) is 0 Å². The number of carbonyl (C=O) groups excluding carboxylic acids is 2. The van der Waals surface area contributed by atoms with Crippen LogP contribution in [0.1, 0.15) is 17.3 Å². The van der Waals surface area contributed by atoms with Gasteiger partial charge in [0.1, 0.15) is 16.8 Å². The van der Waals surface area contributed by atoms with Crippen LogP contribution in [0.2, 0.25) is 0 Å². The average Bonchev–Trinajstić information content (AvgIpc) is 2.61. The molecule has 0 radical (unpaired) electrons. The molecule has 25 heavy (non-hydrogen) atoms. The minimum atomic E-state index is -3.95. The molecule has 2 aromatic rings. The number of rotatable bonds is 7. The van der Waals surface area contributed by atoms with Gasteiger partial charge in [0.15, 0.2) is 15.6 Å². The van der Waals surface area contributed by atoms with Crippen molar-refractivity contribution in [2.45, 2.75) is 12.2 Å². The van der Waals surface area contributed by atoms with Gasteiger partial charge in [0, 0.05) is 5.56 Å². The number of ketones is 1. The molecule has 7 heteroatoms. The van der Waals surface area contributed by atoms with Crippen LogP contribution in [-0.4, -0.2) is 38.2 Å². The quantitative estimate of drug-likeness (QED) is 0.765. The Kier molecular flexibility index (Phi) is 5.93. The number of benzene rings is 2. The number of para-hydroxylation sites is 2. The minimum absolute atomic E-state index is 0.295. The van der Waals surface area contributed by atoms with Crippen molar-refractivity contribution in [2.75, 3.05) is 18.2 Å². The van der Waals surface area contributed by atoms with Gasteiger partial charge in [0.05, 0.1) is 12.8 Å². The molecule has 0 fully saturated rings. The van der Waals surface area contributed by atoms with E-state index in [1.54, 1.807) is 54.6 Å². The Morgan fingerprint density at radius 1 is 1.04 bits per heavy atom. The van der Waals surface area contributed by atoms with Crippen molar-refractivity contribution >= 4 is 27.2 Å². The Morgan fingerprint density at radius 2 is 1.64 bits per heavy atom. The minimum Gasteiger partial charge on any atom is -0.495 e. The normalized spacial score (nSPS) is 12.2. The van der Waals surface area contributed by atoms with E-state index in [1.165, 1.54) is 14.0 Å². The Hall–Kier alpha value is -2.67. The highest BCUT2D eigenvalue weighted by molar-refractivity contribution is 7.93. The average molecular weight is 361 g/mol.